The quantitative estimate of drug-likeness (QED) is 0.823. The summed E-state index contributed by atoms with van der Waals surface area (Å²) in [7, 11) is 0. The molecule has 0 amide bonds. The van der Waals surface area contributed by atoms with Gasteiger partial charge < -0.3 is 5.32 Å². The molecule has 2 aliphatic rings. The van der Waals surface area contributed by atoms with Crippen LogP contribution < -0.4 is 5.32 Å². The molecule has 1 aliphatic carbocycles. The third kappa shape index (κ3) is 2.77. The van der Waals surface area contributed by atoms with Gasteiger partial charge in [-0.3, -0.25) is 4.79 Å². The fraction of sp³-hybridized carbons (Fsp3) is 0.389. The van der Waals surface area contributed by atoms with Gasteiger partial charge in [-0.15, -0.1) is 0 Å². The number of carbonyl (C=O) groups excluding carboxylic acids is 1. The number of hydrogen-bond donors (Lipinski definition) is 1. The minimum absolute atomic E-state index is 0.0172. The van der Waals surface area contributed by atoms with E-state index in [9.17, 15) is 4.79 Å². The van der Waals surface area contributed by atoms with Gasteiger partial charge in [-0.2, -0.15) is 0 Å². The highest BCUT2D eigenvalue weighted by Crippen LogP contribution is 2.43. The number of dihydropyridines is 1. The van der Waals surface area contributed by atoms with Gasteiger partial charge in [-0.1, -0.05) is 43.7 Å². The summed E-state index contributed by atoms with van der Waals surface area (Å²) in [6.45, 7) is 6.35. The molecule has 1 N–H and O–H groups in total. The van der Waals surface area contributed by atoms with Gasteiger partial charge in [0.15, 0.2) is 5.78 Å². The predicted octanol–water partition coefficient (Wildman–Crippen LogP) is 4.57. The summed E-state index contributed by atoms with van der Waals surface area (Å²) in [6.07, 6.45) is 3.65. The molecule has 0 saturated carbocycles. The van der Waals surface area contributed by atoms with Crippen molar-refractivity contribution in [1.82, 2.24) is 5.32 Å². The second-order valence-corrected chi connectivity index (χ2v) is 7.28. The largest absolute Gasteiger partial charge is 0.362 e. The molecule has 1 aromatic rings. The molecule has 2 nitrogen and oxygen atoms in total. The Kier molecular flexibility index (Phi) is 3.45. The summed E-state index contributed by atoms with van der Waals surface area (Å²) in [6, 6.07) is 7.81. The van der Waals surface area contributed by atoms with E-state index in [1.165, 1.54) is 0 Å². The average Bonchev–Trinajstić information content (AvgIpc) is 2.35. The third-order valence-corrected chi connectivity index (χ3v) is 4.44. The molecule has 1 unspecified atom stereocenters. The van der Waals surface area contributed by atoms with Gasteiger partial charge in [0.25, 0.3) is 0 Å². The Morgan fingerprint density at radius 3 is 2.76 bits per heavy atom. The second kappa shape index (κ2) is 5.03. The van der Waals surface area contributed by atoms with Crippen LogP contribution in [0.1, 0.15) is 45.1 Å². The number of Topliss-reactive ketones (excluding diaryl/α,β-unsaturated/α-hetero) is 1. The highest BCUT2D eigenvalue weighted by Gasteiger charge is 2.37. The summed E-state index contributed by atoms with van der Waals surface area (Å²) in [4.78, 5) is 12.7. The van der Waals surface area contributed by atoms with Crippen molar-refractivity contribution < 1.29 is 4.79 Å². The van der Waals surface area contributed by atoms with Crippen LogP contribution in [0.3, 0.4) is 0 Å². The molecule has 0 aromatic heterocycles. The van der Waals surface area contributed by atoms with Crippen LogP contribution in [0.2, 0.25) is 5.02 Å². The van der Waals surface area contributed by atoms with Crippen LogP contribution in [-0.2, 0) is 4.79 Å². The Hall–Kier alpha value is -1.54. The molecule has 1 heterocycles. The topological polar surface area (TPSA) is 29.1 Å². The molecule has 0 spiro atoms. The van der Waals surface area contributed by atoms with Crippen LogP contribution in [0.25, 0.3) is 0 Å². The van der Waals surface area contributed by atoms with E-state index in [0.717, 1.165) is 29.0 Å². The van der Waals surface area contributed by atoms with Gasteiger partial charge in [0.05, 0.1) is 0 Å². The van der Waals surface area contributed by atoms with Gasteiger partial charge in [0, 0.05) is 34.3 Å². The lowest BCUT2D eigenvalue weighted by Crippen LogP contribution is -2.35. The first kappa shape index (κ1) is 14.4. The summed E-state index contributed by atoms with van der Waals surface area (Å²) in [5, 5.41) is 4.12. The Labute approximate surface area is 130 Å². The lowest BCUT2D eigenvalue weighted by atomic mass is 9.70. The number of benzene rings is 1. The van der Waals surface area contributed by atoms with Crippen LogP contribution in [-0.4, -0.2) is 5.78 Å². The molecule has 0 saturated heterocycles. The molecular formula is C18H20ClNO. The summed E-state index contributed by atoms with van der Waals surface area (Å²) < 4.78 is 0. The minimum atomic E-state index is 0.0172. The van der Waals surface area contributed by atoms with Gasteiger partial charge in [-0.25, -0.2) is 0 Å². The van der Waals surface area contributed by atoms with Crippen LogP contribution in [0.5, 0.6) is 0 Å². The van der Waals surface area contributed by atoms with Gasteiger partial charge >= 0.3 is 0 Å². The Morgan fingerprint density at radius 1 is 1.29 bits per heavy atom. The van der Waals surface area contributed by atoms with Gasteiger partial charge in [0.2, 0.25) is 0 Å². The zero-order valence-corrected chi connectivity index (χ0v) is 13.4. The van der Waals surface area contributed by atoms with Gasteiger partial charge in [0.1, 0.15) is 0 Å². The van der Waals surface area contributed by atoms with E-state index in [4.69, 9.17) is 11.6 Å². The smallest absolute Gasteiger partial charge is 0.162 e. The maximum atomic E-state index is 12.7. The van der Waals surface area contributed by atoms with E-state index in [1.54, 1.807) is 0 Å². The van der Waals surface area contributed by atoms with Crippen molar-refractivity contribution in [1.29, 1.82) is 0 Å². The van der Waals surface area contributed by atoms with E-state index in [2.05, 4.69) is 25.2 Å². The normalized spacial score (nSPS) is 24.3. The van der Waals surface area contributed by atoms with E-state index < -0.39 is 0 Å². The van der Waals surface area contributed by atoms with Crippen molar-refractivity contribution in [2.24, 2.45) is 5.41 Å². The van der Waals surface area contributed by atoms with Crippen molar-refractivity contribution in [3.05, 3.63) is 57.9 Å². The molecule has 1 aromatic carbocycles. The number of halogens is 1. The first-order valence-corrected chi connectivity index (χ1v) is 7.71. The van der Waals surface area contributed by atoms with Crippen LogP contribution in [0.15, 0.2) is 47.3 Å². The van der Waals surface area contributed by atoms with Crippen LogP contribution >= 0.6 is 11.6 Å². The third-order valence-electron chi connectivity index (χ3n) is 4.20. The lowest BCUT2D eigenvalue weighted by molar-refractivity contribution is -0.118. The molecule has 0 radical (unpaired) electrons. The fourth-order valence-electron chi connectivity index (χ4n) is 3.38. The van der Waals surface area contributed by atoms with Crippen molar-refractivity contribution in [2.45, 2.75) is 39.5 Å². The molecule has 21 heavy (non-hydrogen) atoms. The second-order valence-electron chi connectivity index (χ2n) is 6.84. The molecule has 1 aliphatic heterocycles. The Bertz CT molecular complexity index is 670. The Balaban J connectivity index is 2.09. The number of rotatable bonds is 1. The minimum Gasteiger partial charge on any atom is -0.362 e. The molecule has 1 atom stereocenters. The molecule has 0 bridgehead atoms. The maximum Gasteiger partial charge on any atom is 0.162 e. The first-order valence-electron chi connectivity index (χ1n) is 7.33. The van der Waals surface area contributed by atoms with E-state index in [0.29, 0.717) is 11.4 Å². The van der Waals surface area contributed by atoms with Crippen LogP contribution in [0.4, 0.5) is 0 Å². The summed E-state index contributed by atoms with van der Waals surface area (Å²) in [5.41, 5.74) is 4.22. The number of nitrogens with one attached hydrogen (secondary N) is 1. The average molecular weight is 302 g/mol. The summed E-state index contributed by atoms with van der Waals surface area (Å²) in [5.74, 6) is 0.269. The SMILES string of the molecule is CC1=CC(c2cccc(Cl)c2)C2=C(CC(C)(C)CC2=O)N1. The highest BCUT2D eigenvalue weighted by atomic mass is 35.5. The molecule has 110 valence electrons. The predicted molar refractivity (Wildman–Crippen MR) is 86.1 cm³/mol. The van der Waals surface area contributed by atoms with E-state index >= 15 is 0 Å². The number of carbonyl (C=O) groups is 1. The monoisotopic (exact) mass is 301 g/mol. The number of ketones is 1. The van der Waals surface area contributed by atoms with Crippen molar-refractivity contribution in [2.75, 3.05) is 0 Å². The number of hydrogen-bond acceptors (Lipinski definition) is 2. The molecule has 3 heteroatoms. The maximum absolute atomic E-state index is 12.7. The number of allylic oxidation sites excluding steroid dienone is 4. The standard InChI is InChI=1S/C18H20ClNO/c1-11-7-14(12-5-4-6-13(19)8-12)17-15(20-11)9-18(2,3)10-16(17)21/h4-8,14,20H,9-10H2,1-3H3. The first-order chi connectivity index (χ1) is 9.85. The zero-order valence-electron chi connectivity index (χ0n) is 12.7. The zero-order chi connectivity index (χ0) is 15.2. The Morgan fingerprint density at radius 2 is 2.05 bits per heavy atom. The molecule has 0 fully saturated rings. The van der Waals surface area contributed by atoms with Crippen molar-refractivity contribution in [3.8, 4) is 0 Å². The summed E-state index contributed by atoms with van der Waals surface area (Å²) >= 11 is 6.12. The van der Waals surface area contributed by atoms with E-state index in [-0.39, 0.29) is 17.1 Å². The lowest BCUT2D eigenvalue weighted by Gasteiger charge is -2.37. The molecular weight excluding hydrogens is 282 g/mol. The van der Waals surface area contributed by atoms with Gasteiger partial charge in [-0.05, 0) is 36.5 Å². The van der Waals surface area contributed by atoms with Crippen molar-refractivity contribution >= 4 is 17.4 Å². The highest BCUT2D eigenvalue weighted by molar-refractivity contribution is 6.30. The van der Waals surface area contributed by atoms with E-state index in [1.807, 2.05) is 31.2 Å². The van der Waals surface area contributed by atoms with Crippen molar-refractivity contribution in [3.63, 3.8) is 0 Å². The van der Waals surface area contributed by atoms with Crippen LogP contribution in [0, 0.1) is 5.41 Å². The molecule has 3 rings (SSSR count). The fourth-order valence-corrected chi connectivity index (χ4v) is 3.58.